The molecular weight excluding hydrogens is 414 g/mol. The number of hydrogen-bond acceptors (Lipinski definition) is 12. The van der Waals surface area contributed by atoms with Crippen LogP contribution in [-0.2, 0) is 30.2 Å². The molecular formula is C12H20NO10S3-. The van der Waals surface area contributed by atoms with Gasteiger partial charge in [0, 0.05) is 23.5 Å². The van der Waals surface area contributed by atoms with Gasteiger partial charge in [0.2, 0.25) is 0 Å². The van der Waals surface area contributed by atoms with Crippen molar-refractivity contribution >= 4 is 38.0 Å². The number of hydrogen-bond donors (Lipinski definition) is 4. The molecule has 152 valence electrons. The van der Waals surface area contributed by atoms with E-state index in [-0.39, 0.29) is 17.9 Å². The molecule has 26 heavy (non-hydrogen) atoms. The van der Waals surface area contributed by atoms with Gasteiger partial charge in [-0.15, -0.1) is 0 Å². The van der Waals surface area contributed by atoms with Crippen molar-refractivity contribution in [3.8, 4) is 0 Å². The van der Waals surface area contributed by atoms with E-state index in [9.17, 15) is 32.5 Å². The first-order chi connectivity index (χ1) is 12.0. The van der Waals surface area contributed by atoms with Gasteiger partial charge in [0.05, 0.1) is 6.61 Å². The Morgan fingerprint density at radius 2 is 2.00 bits per heavy atom. The molecule has 0 aromatic carbocycles. The smallest absolute Gasteiger partial charge is 0.284 e. The molecule has 1 fully saturated rings. The molecule has 0 radical (unpaired) electrons. The first kappa shape index (κ1) is 23.5. The standard InChI is InChI=1S/C12H21NO10S3/c1-25(18)5-3-2-4-8(13-23-26(19,20)21)24-12-11(17)10(16)9(15)7(6-14)22-12/h3,5,7,9-12,14-17H,2,4,6H2,1H3,(H,19,20,21)/p-1/b5-3+,13-8-/t7?,9-,10-,11?,12-,25-/m0/s1. The summed E-state index contributed by atoms with van der Waals surface area (Å²) in [6.45, 7) is -0.634. The number of aliphatic hydroxyl groups is 4. The van der Waals surface area contributed by atoms with Crippen LogP contribution in [-0.4, -0.2) is 85.4 Å². The molecule has 1 aliphatic rings. The molecule has 6 atom stereocenters. The average Bonchev–Trinajstić information content (AvgIpc) is 2.55. The minimum atomic E-state index is -5.10. The molecule has 0 aliphatic carbocycles. The Kier molecular flexibility index (Phi) is 9.63. The van der Waals surface area contributed by atoms with Gasteiger partial charge >= 0.3 is 0 Å². The number of aliphatic hydroxyl groups excluding tert-OH is 4. The molecule has 1 saturated heterocycles. The van der Waals surface area contributed by atoms with Crippen molar-refractivity contribution in [2.24, 2.45) is 5.16 Å². The second-order valence-electron chi connectivity index (χ2n) is 5.19. The molecule has 1 heterocycles. The monoisotopic (exact) mass is 434 g/mol. The Bertz CT molecular complexity index is 635. The Morgan fingerprint density at radius 1 is 1.35 bits per heavy atom. The van der Waals surface area contributed by atoms with Crippen LogP contribution in [0.1, 0.15) is 12.8 Å². The summed E-state index contributed by atoms with van der Waals surface area (Å²) in [6, 6.07) is 0. The zero-order valence-electron chi connectivity index (χ0n) is 13.6. The van der Waals surface area contributed by atoms with Crippen molar-refractivity contribution in [1.29, 1.82) is 0 Å². The zero-order chi connectivity index (χ0) is 19.9. The van der Waals surface area contributed by atoms with E-state index in [2.05, 4.69) is 9.44 Å². The van der Waals surface area contributed by atoms with Gasteiger partial charge in [0.25, 0.3) is 10.4 Å². The Labute approximate surface area is 157 Å². The fourth-order valence-electron chi connectivity index (χ4n) is 1.92. The van der Waals surface area contributed by atoms with E-state index >= 15 is 0 Å². The third-order valence-electron chi connectivity index (χ3n) is 3.14. The Hall–Kier alpha value is -0.580. The lowest BCUT2D eigenvalue weighted by atomic mass is 10.0. The molecule has 4 N–H and O–H groups in total. The number of ether oxygens (including phenoxy) is 1. The van der Waals surface area contributed by atoms with Gasteiger partial charge in [0.15, 0.2) is 0 Å². The quantitative estimate of drug-likeness (QED) is 0.109. The molecule has 0 bridgehead atoms. The van der Waals surface area contributed by atoms with Crippen molar-refractivity contribution in [2.75, 3.05) is 12.9 Å². The van der Waals surface area contributed by atoms with E-state index < -0.39 is 57.7 Å². The van der Waals surface area contributed by atoms with E-state index in [1.54, 1.807) is 0 Å². The molecule has 0 saturated carbocycles. The summed E-state index contributed by atoms with van der Waals surface area (Å²) in [6.07, 6.45) is -2.62. The predicted molar refractivity (Wildman–Crippen MR) is 92.0 cm³/mol. The van der Waals surface area contributed by atoms with Crippen LogP contribution in [0, 0.1) is 0 Å². The molecule has 0 aromatic heterocycles. The van der Waals surface area contributed by atoms with Crippen LogP contribution in [0.3, 0.4) is 0 Å². The average molecular weight is 434 g/mol. The van der Waals surface area contributed by atoms with Crippen molar-refractivity contribution in [2.45, 2.75) is 42.7 Å². The fraction of sp³-hybridized carbons (Fsp3) is 0.750. The van der Waals surface area contributed by atoms with Gasteiger partial charge in [-0.05, 0) is 11.8 Å². The molecule has 0 aromatic rings. The Morgan fingerprint density at radius 3 is 2.54 bits per heavy atom. The number of rotatable bonds is 8. The van der Waals surface area contributed by atoms with Crippen molar-refractivity contribution in [3.05, 3.63) is 11.5 Å². The molecule has 1 aliphatic heterocycles. The van der Waals surface area contributed by atoms with Gasteiger partial charge in [-0.3, -0.25) is 8.49 Å². The molecule has 11 nitrogen and oxygen atoms in total. The van der Waals surface area contributed by atoms with Crippen LogP contribution in [0.5, 0.6) is 0 Å². The fourth-order valence-corrected chi connectivity index (χ4v) is 3.64. The first-order valence-corrected chi connectivity index (χ1v) is 11.1. The number of allylic oxidation sites excluding steroid dienone is 1. The lowest BCUT2D eigenvalue weighted by Gasteiger charge is -2.39. The summed E-state index contributed by atoms with van der Waals surface area (Å²) >= 11 is 0.656. The summed E-state index contributed by atoms with van der Waals surface area (Å²) in [7, 11) is -6.29. The molecule has 1 rings (SSSR count). The van der Waals surface area contributed by atoms with E-state index in [0.29, 0.717) is 11.8 Å². The van der Waals surface area contributed by atoms with Gasteiger partial charge in [-0.2, -0.15) is 8.42 Å². The van der Waals surface area contributed by atoms with E-state index in [1.807, 2.05) is 0 Å². The zero-order valence-corrected chi connectivity index (χ0v) is 16.0. The van der Waals surface area contributed by atoms with Crippen LogP contribution in [0.25, 0.3) is 0 Å². The third-order valence-corrected chi connectivity index (χ3v) is 5.15. The highest BCUT2D eigenvalue weighted by Crippen LogP contribution is 2.30. The van der Waals surface area contributed by atoms with Crippen LogP contribution in [0.4, 0.5) is 0 Å². The van der Waals surface area contributed by atoms with Gasteiger partial charge in [-0.25, -0.2) is 0 Å². The van der Waals surface area contributed by atoms with Crippen molar-refractivity contribution in [1.82, 2.24) is 0 Å². The molecule has 0 amide bonds. The first-order valence-electron chi connectivity index (χ1n) is 7.22. The normalized spacial score (nSPS) is 31.9. The van der Waals surface area contributed by atoms with E-state index in [4.69, 9.17) is 9.84 Å². The SMILES string of the molecule is C[S@](=O)/C=C/CC/C(=N/OS(=O)(=O)[O-])S[C@@H]1OC(CO)[C@H](O)[C@H](O)C1O. The summed E-state index contributed by atoms with van der Waals surface area (Å²) in [4.78, 5) is 0. The highest BCUT2D eigenvalue weighted by Gasteiger charge is 2.44. The maximum atomic E-state index is 11.0. The van der Waals surface area contributed by atoms with Crippen molar-refractivity contribution in [3.63, 3.8) is 0 Å². The van der Waals surface area contributed by atoms with Crippen molar-refractivity contribution < 1.29 is 46.6 Å². The maximum Gasteiger partial charge on any atom is 0.284 e. The van der Waals surface area contributed by atoms with Crippen LogP contribution in [0.2, 0.25) is 0 Å². The highest BCUT2D eigenvalue weighted by atomic mass is 32.3. The van der Waals surface area contributed by atoms with Gasteiger partial charge in [-0.1, -0.05) is 23.0 Å². The van der Waals surface area contributed by atoms with Crippen LogP contribution in [0.15, 0.2) is 16.6 Å². The van der Waals surface area contributed by atoms with E-state index in [1.165, 1.54) is 17.7 Å². The lowest BCUT2D eigenvalue weighted by Crippen LogP contribution is -2.57. The minimum Gasteiger partial charge on any atom is -0.714 e. The van der Waals surface area contributed by atoms with E-state index in [0.717, 1.165) is 0 Å². The summed E-state index contributed by atoms with van der Waals surface area (Å²) in [5, 5.41) is 43.1. The minimum absolute atomic E-state index is 0.0446. The summed E-state index contributed by atoms with van der Waals surface area (Å²) in [5.74, 6) is 0. The maximum absolute atomic E-state index is 11.0. The second-order valence-corrected chi connectivity index (χ2v) is 8.60. The Balaban J connectivity index is 2.87. The van der Waals surface area contributed by atoms with Crippen LogP contribution >= 0.6 is 11.8 Å². The highest BCUT2D eigenvalue weighted by molar-refractivity contribution is 8.14. The molecule has 14 heteroatoms. The summed E-state index contributed by atoms with van der Waals surface area (Å²) in [5.41, 5.74) is -1.22. The van der Waals surface area contributed by atoms with Crippen LogP contribution < -0.4 is 0 Å². The van der Waals surface area contributed by atoms with Gasteiger partial charge in [0.1, 0.15) is 34.9 Å². The molecule has 0 spiro atoms. The third kappa shape index (κ3) is 7.98. The topological polar surface area (TPSA) is 186 Å². The number of nitrogens with zero attached hydrogens (tertiary/aromatic N) is 1. The molecule has 2 unspecified atom stereocenters. The largest absolute Gasteiger partial charge is 0.714 e. The van der Waals surface area contributed by atoms with Gasteiger partial charge < -0.3 is 29.7 Å². The summed E-state index contributed by atoms with van der Waals surface area (Å²) < 4.78 is 51.8. The predicted octanol–water partition coefficient (Wildman–Crippen LogP) is -2.02. The second kappa shape index (κ2) is 10.7. The number of oxime groups is 1. The number of thioether (sulfide) groups is 1. The lowest BCUT2D eigenvalue weighted by molar-refractivity contribution is -0.205.